The molecule has 0 aliphatic rings. The molecule has 2 heterocycles. The second-order valence-electron chi connectivity index (χ2n) is 7.19. The number of amides is 1. The molecule has 31 heavy (non-hydrogen) atoms. The predicted molar refractivity (Wildman–Crippen MR) is 118 cm³/mol. The average molecular weight is 438 g/mol. The van der Waals surface area contributed by atoms with Crippen LogP contribution in [0.5, 0.6) is 5.75 Å². The van der Waals surface area contributed by atoms with Crippen molar-refractivity contribution in [3.8, 4) is 5.75 Å². The lowest BCUT2D eigenvalue weighted by atomic mass is 10.2. The summed E-state index contributed by atoms with van der Waals surface area (Å²) in [5.41, 5.74) is 1.41. The summed E-state index contributed by atoms with van der Waals surface area (Å²) < 4.78 is 8.90. The fourth-order valence-electron chi connectivity index (χ4n) is 3.01. The van der Waals surface area contributed by atoms with E-state index in [4.69, 9.17) is 16.3 Å². The first kappa shape index (κ1) is 20.6. The summed E-state index contributed by atoms with van der Waals surface area (Å²) in [6.07, 6.45) is 1.59. The number of ether oxygens (including phenoxy) is 1. The first-order valence-corrected chi connectivity index (χ1v) is 10.0. The Morgan fingerprint density at radius 3 is 2.52 bits per heavy atom. The zero-order valence-electron chi connectivity index (χ0n) is 16.9. The lowest BCUT2D eigenvalue weighted by molar-refractivity contribution is 0.102. The number of rotatable bonds is 6. The zero-order chi connectivity index (χ0) is 22.0. The van der Waals surface area contributed by atoms with Gasteiger partial charge in [-0.25, -0.2) is 4.98 Å². The molecule has 0 fully saturated rings. The summed E-state index contributed by atoms with van der Waals surface area (Å²) in [7, 11) is 0. The average Bonchev–Trinajstić information content (AvgIpc) is 3.19. The molecule has 0 saturated heterocycles. The van der Waals surface area contributed by atoms with Gasteiger partial charge in [-0.05, 0) is 62.4 Å². The smallest absolute Gasteiger partial charge is 0.274 e. The molecule has 1 amide bonds. The Morgan fingerprint density at radius 2 is 1.84 bits per heavy atom. The van der Waals surface area contributed by atoms with Crippen molar-refractivity contribution in [2.45, 2.75) is 26.5 Å². The predicted octanol–water partition coefficient (Wildman–Crippen LogP) is 3.96. The van der Waals surface area contributed by atoms with E-state index in [1.54, 1.807) is 59.5 Å². The molecule has 9 heteroatoms. The highest BCUT2D eigenvalue weighted by atomic mass is 35.5. The van der Waals surface area contributed by atoms with Crippen LogP contribution in [0.4, 0.5) is 5.69 Å². The summed E-state index contributed by atoms with van der Waals surface area (Å²) in [6.45, 7) is 4.05. The maximum atomic E-state index is 12.4. The zero-order valence-corrected chi connectivity index (χ0v) is 17.7. The molecule has 2 aromatic heterocycles. The van der Waals surface area contributed by atoms with Crippen LogP contribution in [-0.4, -0.2) is 25.1 Å². The number of fused-ring (bicyclic) bond motifs is 1. The molecule has 1 N–H and O–H groups in total. The van der Waals surface area contributed by atoms with Crippen molar-refractivity contribution in [1.82, 2.24) is 19.2 Å². The third kappa shape index (κ3) is 4.59. The van der Waals surface area contributed by atoms with Crippen molar-refractivity contribution in [2.75, 3.05) is 5.32 Å². The Hall–Kier alpha value is -3.65. The van der Waals surface area contributed by atoms with E-state index in [2.05, 4.69) is 15.3 Å². The number of aromatic nitrogens is 4. The molecule has 4 aromatic rings. The second kappa shape index (κ2) is 8.61. The minimum Gasteiger partial charge on any atom is -0.487 e. The molecule has 0 bridgehead atoms. The first-order valence-electron chi connectivity index (χ1n) is 9.66. The highest BCUT2D eigenvalue weighted by molar-refractivity contribution is 6.30. The molecule has 2 aromatic carbocycles. The van der Waals surface area contributed by atoms with Gasteiger partial charge in [0.1, 0.15) is 18.7 Å². The molecule has 0 saturated carbocycles. The van der Waals surface area contributed by atoms with E-state index in [0.717, 1.165) is 0 Å². The van der Waals surface area contributed by atoms with Gasteiger partial charge in [-0.3, -0.25) is 14.3 Å². The third-order valence-electron chi connectivity index (χ3n) is 4.59. The van der Waals surface area contributed by atoms with Crippen LogP contribution in [-0.2, 0) is 6.61 Å². The topological polar surface area (TPSA) is 90.5 Å². The second-order valence-corrected chi connectivity index (χ2v) is 7.63. The van der Waals surface area contributed by atoms with Crippen molar-refractivity contribution in [3.63, 3.8) is 0 Å². The Morgan fingerprint density at radius 1 is 1.13 bits per heavy atom. The van der Waals surface area contributed by atoms with Crippen molar-refractivity contribution in [3.05, 3.63) is 87.6 Å². The SMILES string of the molecule is CC(C)n1cnc2nc(COc3ccc(NC(=O)c4ccc(Cl)cc4)cc3)cc(=O)n21. The molecule has 0 atom stereocenters. The molecular formula is C22H20ClN5O3. The number of nitrogens with one attached hydrogen (secondary N) is 1. The van der Waals surface area contributed by atoms with Gasteiger partial charge in [0.05, 0.1) is 5.69 Å². The Balaban J connectivity index is 1.41. The molecule has 4 rings (SSSR count). The van der Waals surface area contributed by atoms with Crippen LogP contribution in [0.15, 0.2) is 65.7 Å². The van der Waals surface area contributed by atoms with E-state index < -0.39 is 0 Å². The van der Waals surface area contributed by atoms with Crippen LogP contribution < -0.4 is 15.6 Å². The summed E-state index contributed by atoms with van der Waals surface area (Å²) in [6, 6.07) is 15.1. The highest BCUT2D eigenvalue weighted by Crippen LogP contribution is 2.18. The number of hydrogen-bond acceptors (Lipinski definition) is 5. The van der Waals surface area contributed by atoms with Crippen LogP contribution in [0.1, 0.15) is 35.9 Å². The molecule has 0 spiro atoms. The van der Waals surface area contributed by atoms with Gasteiger partial charge in [-0.15, -0.1) is 0 Å². The van der Waals surface area contributed by atoms with Gasteiger partial charge < -0.3 is 10.1 Å². The maximum absolute atomic E-state index is 12.4. The molecule has 0 aliphatic carbocycles. The minimum absolute atomic E-state index is 0.0882. The number of anilines is 1. The molecule has 0 radical (unpaired) electrons. The number of halogens is 1. The van der Waals surface area contributed by atoms with E-state index >= 15 is 0 Å². The van der Waals surface area contributed by atoms with Crippen LogP contribution in [0.25, 0.3) is 5.78 Å². The molecule has 8 nitrogen and oxygen atoms in total. The summed E-state index contributed by atoms with van der Waals surface area (Å²) >= 11 is 5.85. The standard InChI is InChI=1S/C22H20ClN5O3/c1-14(2)27-13-24-22-26-18(11-20(29)28(22)27)12-31-19-9-7-17(8-10-19)25-21(30)15-3-5-16(23)6-4-15/h3-11,13-14H,12H2,1-2H3,(H,25,30). The maximum Gasteiger partial charge on any atom is 0.274 e. The van der Waals surface area contributed by atoms with Crippen LogP contribution >= 0.6 is 11.6 Å². The molecule has 158 valence electrons. The summed E-state index contributed by atoms with van der Waals surface area (Å²) in [4.78, 5) is 33.3. The van der Waals surface area contributed by atoms with E-state index in [-0.39, 0.29) is 24.1 Å². The normalized spacial score (nSPS) is 11.1. The fourth-order valence-corrected chi connectivity index (χ4v) is 3.13. The van der Waals surface area contributed by atoms with Gasteiger partial charge >= 0.3 is 0 Å². The first-order chi connectivity index (χ1) is 14.9. The Kier molecular flexibility index (Phi) is 5.73. The van der Waals surface area contributed by atoms with Gasteiger partial charge in [0.25, 0.3) is 17.2 Å². The van der Waals surface area contributed by atoms with Crippen molar-refractivity contribution in [2.24, 2.45) is 0 Å². The Bertz CT molecular complexity index is 1280. The highest BCUT2D eigenvalue weighted by Gasteiger charge is 2.11. The lowest BCUT2D eigenvalue weighted by Crippen LogP contribution is -2.23. The van der Waals surface area contributed by atoms with Gasteiger partial charge in [0.15, 0.2) is 0 Å². The number of benzene rings is 2. The number of hydrogen-bond donors (Lipinski definition) is 1. The van der Waals surface area contributed by atoms with E-state index in [1.165, 1.54) is 10.6 Å². The fraction of sp³-hybridized carbons (Fsp3) is 0.182. The molecular weight excluding hydrogens is 418 g/mol. The monoisotopic (exact) mass is 437 g/mol. The van der Waals surface area contributed by atoms with Crippen LogP contribution in [0.2, 0.25) is 5.02 Å². The Labute approximate surface area is 183 Å². The summed E-state index contributed by atoms with van der Waals surface area (Å²) in [5, 5.41) is 3.38. The largest absolute Gasteiger partial charge is 0.487 e. The van der Waals surface area contributed by atoms with Crippen molar-refractivity contribution in [1.29, 1.82) is 0 Å². The third-order valence-corrected chi connectivity index (χ3v) is 4.84. The van der Waals surface area contributed by atoms with E-state index in [1.807, 2.05) is 13.8 Å². The van der Waals surface area contributed by atoms with Crippen molar-refractivity contribution >= 4 is 29.0 Å². The summed E-state index contributed by atoms with van der Waals surface area (Å²) in [5.74, 6) is 0.684. The van der Waals surface area contributed by atoms with Gasteiger partial charge in [-0.2, -0.15) is 9.50 Å². The van der Waals surface area contributed by atoms with Crippen LogP contribution in [0.3, 0.4) is 0 Å². The van der Waals surface area contributed by atoms with E-state index in [9.17, 15) is 9.59 Å². The number of nitrogens with zero attached hydrogens (tertiary/aromatic N) is 4. The van der Waals surface area contributed by atoms with E-state index in [0.29, 0.717) is 33.5 Å². The molecule has 0 unspecified atom stereocenters. The molecule has 0 aliphatic heterocycles. The quantitative estimate of drug-likeness (QED) is 0.493. The minimum atomic E-state index is -0.232. The van der Waals surface area contributed by atoms with Crippen LogP contribution in [0, 0.1) is 0 Å². The van der Waals surface area contributed by atoms with Crippen molar-refractivity contribution < 1.29 is 9.53 Å². The van der Waals surface area contributed by atoms with Gasteiger partial charge in [0, 0.05) is 28.4 Å². The number of carbonyl (C=O) groups excluding carboxylic acids is 1. The van der Waals surface area contributed by atoms with Gasteiger partial charge in [0.2, 0.25) is 0 Å². The van der Waals surface area contributed by atoms with Gasteiger partial charge in [-0.1, -0.05) is 11.6 Å². The lowest BCUT2D eigenvalue weighted by Gasteiger charge is -2.10. The number of carbonyl (C=O) groups is 1.